The van der Waals surface area contributed by atoms with Crippen LogP contribution in [0.1, 0.15) is 15.2 Å². The van der Waals surface area contributed by atoms with Crippen molar-refractivity contribution < 1.29 is 18.7 Å². The molecule has 1 aromatic rings. The number of hydrogen-bond donors (Lipinski definition) is 3. The molecule has 4 N–H and O–H groups in total. The first-order valence-electron chi connectivity index (χ1n) is 4.55. The second-order valence-corrected chi connectivity index (χ2v) is 4.19. The van der Waals surface area contributed by atoms with Crippen molar-refractivity contribution in [2.45, 2.75) is 19.1 Å². The van der Waals surface area contributed by atoms with Crippen LogP contribution in [0.5, 0.6) is 0 Å². The molecule has 1 amide bonds. The van der Waals surface area contributed by atoms with Crippen LogP contribution in [0, 0.1) is 0 Å². The largest absolute Gasteiger partial charge is 0.386 e. The van der Waals surface area contributed by atoms with Gasteiger partial charge in [-0.05, 0) is 6.07 Å². The Kier molecular flexibility index (Phi) is 4.78. The van der Waals surface area contributed by atoms with Gasteiger partial charge in [-0.1, -0.05) is 0 Å². The Morgan fingerprint density at radius 3 is 2.81 bits per heavy atom. The van der Waals surface area contributed by atoms with E-state index in [-0.39, 0.29) is 6.54 Å². The minimum absolute atomic E-state index is 0.193. The van der Waals surface area contributed by atoms with Crippen molar-refractivity contribution in [3.8, 4) is 0 Å². The number of alkyl halides is 2. The summed E-state index contributed by atoms with van der Waals surface area (Å²) in [5, 5.41) is 13.1. The summed E-state index contributed by atoms with van der Waals surface area (Å²) < 4.78 is 23.8. The van der Waals surface area contributed by atoms with Crippen LogP contribution in [0.4, 0.5) is 8.78 Å². The first-order valence-corrected chi connectivity index (χ1v) is 5.43. The molecule has 1 unspecified atom stereocenters. The molecule has 90 valence electrons. The van der Waals surface area contributed by atoms with Crippen LogP contribution in [-0.2, 0) is 6.54 Å². The summed E-state index contributed by atoms with van der Waals surface area (Å²) in [5.41, 5.74) is 5.45. The number of hydrogen-bond acceptors (Lipinski definition) is 4. The Labute approximate surface area is 95.1 Å². The Balaban J connectivity index is 2.35. The number of nitrogens with two attached hydrogens (primary N) is 1. The first kappa shape index (κ1) is 13.0. The molecule has 0 aliphatic rings. The van der Waals surface area contributed by atoms with Crippen LogP contribution in [-0.4, -0.2) is 30.1 Å². The van der Waals surface area contributed by atoms with Gasteiger partial charge in [0.2, 0.25) is 5.91 Å². The summed E-state index contributed by atoms with van der Waals surface area (Å²) in [4.78, 5) is 11.6. The zero-order valence-electron chi connectivity index (χ0n) is 8.32. The van der Waals surface area contributed by atoms with Gasteiger partial charge in [0, 0.05) is 23.3 Å². The van der Waals surface area contributed by atoms with E-state index in [1.807, 2.05) is 0 Å². The number of carbonyl (C=O) groups is 1. The van der Waals surface area contributed by atoms with Crippen molar-refractivity contribution in [2.24, 2.45) is 5.73 Å². The molecule has 1 atom stereocenters. The predicted octanol–water partition coefficient (Wildman–Crippen LogP) is 0.563. The van der Waals surface area contributed by atoms with Crippen LogP contribution >= 0.6 is 11.3 Å². The minimum Gasteiger partial charge on any atom is -0.386 e. The van der Waals surface area contributed by atoms with E-state index in [4.69, 9.17) is 10.8 Å². The fourth-order valence-electron chi connectivity index (χ4n) is 1.03. The van der Waals surface area contributed by atoms with Crippen molar-refractivity contribution in [2.75, 3.05) is 6.54 Å². The molecule has 0 fully saturated rings. The highest BCUT2D eigenvalue weighted by Crippen LogP contribution is 2.13. The maximum Gasteiger partial charge on any atom is 0.265 e. The third kappa shape index (κ3) is 3.84. The molecule has 0 aliphatic heterocycles. The zero-order valence-corrected chi connectivity index (χ0v) is 9.14. The molecule has 4 nitrogen and oxygen atoms in total. The molecule has 0 saturated heterocycles. The Hall–Kier alpha value is -1.05. The Morgan fingerprint density at radius 2 is 2.31 bits per heavy atom. The molecule has 16 heavy (non-hydrogen) atoms. The van der Waals surface area contributed by atoms with Gasteiger partial charge in [-0.3, -0.25) is 4.79 Å². The second-order valence-electron chi connectivity index (χ2n) is 3.20. The standard InChI is InChI=1S/C9H12F2N2O2S/c10-8(11)7(14)3-13-2-6-1-5(4-16-6)9(12)15/h1,4,7-8,13-14H,2-3H2,(H2,12,15). The quantitative estimate of drug-likeness (QED) is 0.690. The van der Waals surface area contributed by atoms with Gasteiger partial charge < -0.3 is 16.2 Å². The third-order valence-corrected chi connectivity index (χ3v) is 2.82. The fraction of sp³-hybridized carbons (Fsp3) is 0.444. The van der Waals surface area contributed by atoms with Gasteiger partial charge in [-0.2, -0.15) is 0 Å². The Bertz CT molecular complexity index is 357. The lowest BCUT2D eigenvalue weighted by Gasteiger charge is -2.09. The van der Waals surface area contributed by atoms with Gasteiger partial charge in [0.25, 0.3) is 6.43 Å². The fourth-order valence-corrected chi connectivity index (χ4v) is 1.88. The third-order valence-electron chi connectivity index (χ3n) is 1.88. The summed E-state index contributed by atoms with van der Waals surface area (Å²) >= 11 is 1.31. The number of primary amides is 1. The SMILES string of the molecule is NC(=O)c1csc(CNCC(O)C(F)F)c1. The molecule has 0 spiro atoms. The van der Waals surface area contributed by atoms with Crippen molar-refractivity contribution in [1.82, 2.24) is 5.32 Å². The smallest absolute Gasteiger partial charge is 0.265 e. The summed E-state index contributed by atoms with van der Waals surface area (Å²) in [5.74, 6) is -0.518. The van der Waals surface area contributed by atoms with Crippen LogP contribution in [0.25, 0.3) is 0 Å². The molecule has 0 aromatic carbocycles. The summed E-state index contributed by atoms with van der Waals surface area (Å²) in [6, 6.07) is 1.59. The maximum atomic E-state index is 11.9. The molecule has 0 radical (unpaired) electrons. The Morgan fingerprint density at radius 1 is 1.62 bits per heavy atom. The number of rotatable bonds is 6. The van der Waals surface area contributed by atoms with E-state index in [1.165, 1.54) is 11.3 Å². The van der Waals surface area contributed by atoms with Gasteiger partial charge in [0.1, 0.15) is 6.10 Å². The van der Waals surface area contributed by atoms with Crippen molar-refractivity contribution in [3.63, 3.8) is 0 Å². The molecule has 1 rings (SSSR count). The molecular formula is C9H12F2N2O2S. The van der Waals surface area contributed by atoms with Gasteiger partial charge in [0.05, 0.1) is 5.56 Å². The average molecular weight is 250 g/mol. The van der Waals surface area contributed by atoms with E-state index in [2.05, 4.69) is 5.32 Å². The van der Waals surface area contributed by atoms with Crippen molar-refractivity contribution >= 4 is 17.2 Å². The topological polar surface area (TPSA) is 75.4 Å². The molecule has 7 heteroatoms. The molecule has 1 aromatic heterocycles. The van der Waals surface area contributed by atoms with E-state index in [0.717, 1.165) is 4.88 Å². The molecule has 0 saturated carbocycles. The van der Waals surface area contributed by atoms with E-state index < -0.39 is 18.4 Å². The van der Waals surface area contributed by atoms with Gasteiger partial charge in [-0.25, -0.2) is 8.78 Å². The van der Waals surface area contributed by atoms with Crippen LogP contribution in [0.3, 0.4) is 0 Å². The monoisotopic (exact) mass is 250 g/mol. The predicted molar refractivity (Wildman–Crippen MR) is 56.6 cm³/mol. The van der Waals surface area contributed by atoms with E-state index in [9.17, 15) is 13.6 Å². The lowest BCUT2D eigenvalue weighted by atomic mass is 10.3. The lowest BCUT2D eigenvalue weighted by Crippen LogP contribution is -2.31. The number of aliphatic hydroxyl groups is 1. The average Bonchev–Trinajstić information content (AvgIpc) is 2.66. The van der Waals surface area contributed by atoms with Gasteiger partial charge in [-0.15, -0.1) is 11.3 Å². The maximum absolute atomic E-state index is 11.9. The summed E-state index contributed by atoms with van der Waals surface area (Å²) in [6.45, 7) is 0.128. The van der Waals surface area contributed by atoms with Gasteiger partial charge in [0.15, 0.2) is 0 Å². The van der Waals surface area contributed by atoms with E-state index in [1.54, 1.807) is 11.4 Å². The van der Waals surface area contributed by atoms with Crippen molar-refractivity contribution in [1.29, 1.82) is 0 Å². The second kappa shape index (κ2) is 5.88. The zero-order chi connectivity index (χ0) is 12.1. The van der Waals surface area contributed by atoms with Crippen molar-refractivity contribution in [3.05, 3.63) is 21.9 Å². The number of halogens is 2. The van der Waals surface area contributed by atoms with E-state index in [0.29, 0.717) is 12.1 Å². The lowest BCUT2D eigenvalue weighted by molar-refractivity contribution is -0.00337. The van der Waals surface area contributed by atoms with Crippen LogP contribution in [0.2, 0.25) is 0 Å². The summed E-state index contributed by atoms with van der Waals surface area (Å²) in [7, 11) is 0. The van der Waals surface area contributed by atoms with Gasteiger partial charge >= 0.3 is 0 Å². The number of carbonyl (C=O) groups excluding carboxylic acids is 1. The molecule has 0 aliphatic carbocycles. The number of thiophene rings is 1. The highest BCUT2D eigenvalue weighted by atomic mass is 32.1. The van der Waals surface area contributed by atoms with Crippen LogP contribution in [0.15, 0.2) is 11.4 Å². The normalized spacial score (nSPS) is 13.0. The molecule has 1 heterocycles. The minimum atomic E-state index is -2.75. The first-order chi connectivity index (χ1) is 7.50. The highest BCUT2D eigenvalue weighted by molar-refractivity contribution is 7.10. The number of amides is 1. The number of nitrogens with one attached hydrogen (secondary N) is 1. The number of aliphatic hydroxyl groups excluding tert-OH is 1. The summed E-state index contributed by atoms with van der Waals surface area (Å²) in [6.07, 6.45) is -4.42. The molecular weight excluding hydrogens is 238 g/mol. The highest BCUT2D eigenvalue weighted by Gasteiger charge is 2.15. The van der Waals surface area contributed by atoms with Crippen LogP contribution < -0.4 is 11.1 Å². The molecule has 0 bridgehead atoms. The van der Waals surface area contributed by atoms with E-state index >= 15 is 0 Å².